The average molecular weight is 273 g/mol. The second kappa shape index (κ2) is 4.55. The van der Waals surface area contributed by atoms with Crippen LogP contribution in [0, 0.1) is 13.8 Å². The zero-order valence-electron chi connectivity index (χ0n) is 9.30. The predicted octanol–water partition coefficient (Wildman–Crippen LogP) is 1.23. The van der Waals surface area contributed by atoms with Crippen LogP contribution in [0.3, 0.4) is 0 Å². The molecule has 1 N–H and O–H groups in total. The van der Waals surface area contributed by atoms with Gasteiger partial charge in [-0.25, -0.2) is 18.1 Å². The summed E-state index contributed by atoms with van der Waals surface area (Å²) >= 11 is 1.39. The Morgan fingerprint density at radius 3 is 2.76 bits per heavy atom. The molecule has 0 bridgehead atoms. The van der Waals surface area contributed by atoms with Crippen molar-refractivity contribution in [2.45, 2.75) is 25.3 Å². The van der Waals surface area contributed by atoms with E-state index < -0.39 is 10.0 Å². The monoisotopic (exact) mass is 273 g/mol. The third kappa shape index (κ3) is 2.54. The second-order valence-electron chi connectivity index (χ2n) is 3.40. The molecular weight excluding hydrogens is 262 g/mol. The normalized spacial score (nSPS) is 11.9. The van der Waals surface area contributed by atoms with Crippen LogP contribution in [-0.2, 0) is 16.6 Å². The number of aromatic nitrogens is 2. The van der Waals surface area contributed by atoms with Gasteiger partial charge < -0.3 is 4.52 Å². The molecule has 2 aromatic rings. The van der Waals surface area contributed by atoms with Crippen LogP contribution >= 0.6 is 11.3 Å². The summed E-state index contributed by atoms with van der Waals surface area (Å²) in [6.45, 7) is 3.33. The highest BCUT2D eigenvalue weighted by Crippen LogP contribution is 2.18. The van der Waals surface area contributed by atoms with E-state index in [1.54, 1.807) is 25.4 Å². The van der Waals surface area contributed by atoms with Crippen LogP contribution in [0.25, 0.3) is 0 Å². The molecule has 0 spiro atoms. The largest absolute Gasteiger partial charge is 0.360 e. The predicted molar refractivity (Wildman–Crippen MR) is 62.1 cm³/mol. The molecule has 0 saturated carbocycles. The van der Waals surface area contributed by atoms with Crippen LogP contribution in [0.4, 0.5) is 0 Å². The van der Waals surface area contributed by atoms with Crippen molar-refractivity contribution in [3.8, 4) is 0 Å². The van der Waals surface area contributed by atoms with Gasteiger partial charge in [-0.2, -0.15) is 0 Å². The minimum Gasteiger partial charge on any atom is -0.360 e. The Kier molecular flexibility index (Phi) is 3.27. The summed E-state index contributed by atoms with van der Waals surface area (Å²) in [6, 6.07) is 0. The summed E-state index contributed by atoms with van der Waals surface area (Å²) in [5.74, 6) is 0.286. The van der Waals surface area contributed by atoms with Gasteiger partial charge in [0.15, 0.2) is 5.76 Å². The number of hydrogen-bond acceptors (Lipinski definition) is 6. The molecule has 0 aliphatic rings. The van der Waals surface area contributed by atoms with Crippen molar-refractivity contribution in [1.29, 1.82) is 0 Å². The molecule has 2 rings (SSSR count). The number of nitrogens with one attached hydrogen (secondary N) is 1. The Labute approximate surface area is 103 Å². The molecular formula is C9H11N3O3S2. The van der Waals surface area contributed by atoms with Crippen LogP contribution in [-0.4, -0.2) is 18.6 Å². The number of nitrogens with zero attached hydrogens (tertiary/aromatic N) is 2. The number of hydrogen-bond donors (Lipinski definition) is 1. The molecule has 0 aliphatic carbocycles. The van der Waals surface area contributed by atoms with Crippen molar-refractivity contribution in [3.63, 3.8) is 0 Å². The number of aryl methyl sites for hydroxylation is 2. The molecule has 8 heteroatoms. The molecule has 6 nitrogen and oxygen atoms in total. The second-order valence-corrected chi connectivity index (χ2v) is 6.09. The van der Waals surface area contributed by atoms with E-state index in [9.17, 15) is 8.42 Å². The molecule has 2 aromatic heterocycles. The fourth-order valence-corrected chi connectivity index (χ4v) is 3.39. The molecule has 0 amide bonds. The maximum atomic E-state index is 12.0. The van der Waals surface area contributed by atoms with E-state index in [1.165, 1.54) is 11.3 Å². The smallest absolute Gasteiger partial charge is 0.246 e. The van der Waals surface area contributed by atoms with Gasteiger partial charge in [-0.1, -0.05) is 5.16 Å². The molecule has 0 unspecified atom stereocenters. The highest BCUT2D eigenvalue weighted by molar-refractivity contribution is 7.89. The Balaban J connectivity index is 2.20. The van der Waals surface area contributed by atoms with Crippen molar-refractivity contribution in [3.05, 3.63) is 28.0 Å². The van der Waals surface area contributed by atoms with Gasteiger partial charge in [0.2, 0.25) is 10.0 Å². The zero-order chi connectivity index (χ0) is 12.5. The minimum absolute atomic E-state index is 0.106. The lowest BCUT2D eigenvalue weighted by atomic mass is 10.4. The highest BCUT2D eigenvalue weighted by Gasteiger charge is 2.23. The van der Waals surface area contributed by atoms with Gasteiger partial charge >= 0.3 is 0 Å². The first-order chi connectivity index (χ1) is 8.00. The summed E-state index contributed by atoms with van der Waals surface area (Å²) in [4.78, 5) is 4.10. The SMILES string of the molecule is Cc1noc(C)c1S(=O)(=O)NCc1nccs1. The summed E-state index contributed by atoms with van der Waals surface area (Å²) in [5.41, 5.74) is 0.356. The third-order valence-electron chi connectivity index (χ3n) is 2.13. The molecule has 2 heterocycles. The fourth-order valence-electron chi connectivity index (χ4n) is 1.43. The molecule has 0 saturated heterocycles. The molecule has 0 atom stereocenters. The molecule has 0 aromatic carbocycles. The van der Waals surface area contributed by atoms with E-state index >= 15 is 0 Å². The van der Waals surface area contributed by atoms with Crippen LogP contribution in [0.15, 0.2) is 21.0 Å². The van der Waals surface area contributed by atoms with Crippen molar-refractivity contribution >= 4 is 21.4 Å². The summed E-state index contributed by atoms with van der Waals surface area (Å²) < 4.78 is 31.3. The van der Waals surface area contributed by atoms with Gasteiger partial charge in [0.1, 0.15) is 15.6 Å². The maximum absolute atomic E-state index is 12.0. The lowest BCUT2D eigenvalue weighted by Gasteiger charge is -2.03. The lowest BCUT2D eigenvalue weighted by molar-refractivity contribution is 0.390. The van der Waals surface area contributed by atoms with Crippen molar-refractivity contribution in [1.82, 2.24) is 14.9 Å². The Hall–Kier alpha value is -1.25. The van der Waals surface area contributed by atoms with Gasteiger partial charge in [-0.15, -0.1) is 11.3 Å². The Bertz CT molecular complexity index is 582. The summed E-state index contributed by atoms with van der Waals surface area (Å²) in [7, 11) is -3.59. The van der Waals surface area contributed by atoms with E-state index in [2.05, 4.69) is 14.9 Å². The van der Waals surface area contributed by atoms with Crippen LogP contribution in [0.1, 0.15) is 16.5 Å². The Morgan fingerprint density at radius 1 is 1.47 bits per heavy atom. The number of sulfonamides is 1. The van der Waals surface area contributed by atoms with Crippen molar-refractivity contribution in [2.24, 2.45) is 0 Å². The molecule has 92 valence electrons. The van der Waals surface area contributed by atoms with E-state index in [0.29, 0.717) is 10.7 Å². The zero-order valence-corrected chi connectivity index (χ0v) is 10.9. The number of thiazole rings is 1. The number of rotatable bonds is 4. The van der Waals surface area contributed by atoms with Gasteiger partial charge in [-0.3, -0.25) is 0 Å². The highest BCUT2D eigenvalue weighted by atomic mass is 32.2. The molecule has 0 aliphatic heterocycles. The third-order valence-corrected chi connectivity index (χ3v) is 4.56. The Morgan fingerprint density at radius 2 is 2.24 bits per heavy atom. The standard InChI is InChI=1S/C9H11N3O3S2/c1-6-9(7(2)15-12-6)17(13,14)11-5-8-10-3-4-16-8/h3-4,11H,5H2,1-2H3. The van der Waals surface area contributed by atoms with Crippen LogP contribution in [0.5, 0.6) is 0 Å². The van der Waals surface area contributed by atoms with Crippen LogP contribution < -0.4 is 4.72 Å². The van der Waals surface area contributed by atoms with E-state index in [1.807, 2.05) is 0 Å². The quantitative estimate of drug-likeness (QED) is 0.905. The van der Waals surface area contributed by atoms with Gasteiger partial charge in [-0.05, 0) is 13.8 Å². The van der Waals surface area contributed by atoms with Crippen molar-refractivity contribution < 1.29 is 12.9 Å². The molecule has 17 heavy (non-hydrogen) atoms. The first-order valence-electron chi connectivity index (χ1n) is 4.81. The van der Waals surface area contributed by atoms with E-state index in [-0.39, 0.29) is 17.2 Å². The van der Waals surface area contributed by atoms with Crippen LogP contribution in [0.2, 0.25) is 0 Å². The van der Waals surface area contributed by atoms with Gasteiger partial charge in [0.05, 0.1) is 6.54 Å². The minimum atomic E-state index is -3.59. The maximum Gasteiger partial charge on any atom is 0.246 e. The van der Waals surface area contributed by atoms with Crippen molar-refractivity contribution in [2.75, 3.05) is 0 Å². The summed E-state index contributed by atoms with van der Waals surface area (Å²) in [6.07, 6.45) is 1.63. The molecule has 0 fully saturated rings. The first-order valence-corrected chi connectivity index (χ1v) is 7.18. The van der Waals surface area contributed by atoms with E-state index in [0.717, 1.165) is 0 Å². The molecule has 0 radical (unpaired) electrons. The topological polar surface area (TPSA) is 85.1 Å². The summed E-state index contributed by atoms with van der Waals surface area (Å²) in [5, 5.41) is 6.12. The lowest BCUT2D eigenvalue weighted by Crippen LogP contribution is -2.24. The average Bonchev–Trinajstić information content (AvgIpc) is 2.86. The van der Waals surface area contributed by atoms with E-state index in [4.69, 9.17) is 4.52 Å². The van der Waals surface area contributed by atoms with Gasteiger partial charge in [0.25, 0.3) is 0 Å². The first kappa shape index (κ1) is 12.2. The fraction of sp³-hybridized carbons (Fsp3) is 0.333. The van der Waals surface area contributed by atoms with Gasteiger partial charge in [0, 0.05) is 11.6 Å².